The number of hydrogen-bond donors (Lipinski definition) is 3. The Balaban J connectivity index is 2.46. The first-order chi connectivity index (χ1) is 9.52. The molecule has 0 aliphatic carbocycles. The Morgan fingerprint density at radius 1 is 1.40 bits per heavy atom. The van der Waals surface area contributed by atoms with E-state index in [-0.39, 0.29) is 24.6 Å². The standard InChI is InChI=1S/C15H26N2O2S/c1-11(2)9-13(14-5-4-8-20-14)17-15(19)16-10-12(3)6-7-18/h4-5,8,11-13,18H,6-7,9-10H2,1-3H3,(H2,16,17,19). The van der Waals surface area contributed by atoms with Crippen LogP contribution in [0.1, 0.15) is 44.5 Å². The molecule has 4 nitrogen and oxygen atoms in total. The van der Waals surface area contributed by atoms with Gasteiger partial charge in [0.1, 0.15) is 0 Å². The van der Waals surface area contributed by atoms with Crippen molar-refractivity contribution >= 4 is 17.4 Å². The van der Waals surface area contributed by atoms with E-state index in [0.29, 0.717) is 18.9 Å². The predicted octanol–water partition coefficient (Wildman–Crippen LogP) is 3.15. The van der Waals surface area contributed by atoms with Crippen LogP contribution in [0.4, 0.5) is 4.79 Å². The van der Waals surface area contributed by atoms with E-state index >= 15 is 0 Å². The molecular weight excluding hydrogens is 272 g/mol. The molecule has 3 N–H and O–H groups in total. The normalized spacial score (nSPS) is 14.1. The van der Waals surface area contributed by atoms with Crippen molar-refractivity contribution in [3.05, 3.63) is 22.4 Å². The van der Waals surface area contributed by atoms with E-state index < -0.39 is 0 Å². The maximum atomic E-state index is 12.0. The quantitative estimate of drug-likeness (QED) is 0.690. The number of rotatable bonds is 8. The number of hydrogen-bond acceptors (Lipinski definition) is 3. The van der Waals surface area contributed by atoms with E-state index in [9.17, 15) is 4.79 Å². The fourth-order valence-electron chi connectivity index (χ4n) is 2.01. The highest BCUT2D eigenvalue weighted by atomic mass is 32.1. The van der Waals surface area contributed by atoms with Crippen LogP contribution in [0.25, 0.3) is 0 Å². The van der Waals surface area contributed by atoms with Gasteiger partial charge in [-0.15, -0.1) is 11.3 Å². The zero-order valence-electron chi connectivity index (χ0n) is 12.6. The molecule has 0 aliphatic rings. The Labute approximate surface area is 125 Å². The van der Waals surface area contributed by atoms with Crippen LogP contribution in [0.5, 0.6) is 0 Å². The molecule has 2 unspecified atom stereocenters. The van der Waals surface area contributed by atoms with Crippen molar-refractivity contribution in [3.8, 4) is 0 Å². The zero-order chi connectivity index (χ0) is 15.0. The van der Waals surface area contributed by atoms with Gasteiger partial charge in [-0.05, 0) is 36.1 Å². The number of aliphatic hydroxyl groups excluding tert-OH is 1. The maximum Gasteiger partial charge on any atom is 0.315 e. The maximum absolute atomic E-state index is 12.0. The lowest BCUT2D eigenvalue weighted by molar-refractivity contribution is 0.229. The minimum Gasteiger partial charge on any atom is -0.396 e. The van der Waals surface area contributed by atoms with Crippen molar-refractivity contribution in [2.75, 3.05) is 13.2 Å². The third-order valence-electron chi connectivity index (χ3n) is 3.13. The van der Waals surface area contributed by atoms with Gasteiger partial charge in [-0.25, -0.2) is 4.79 Å². The van der Waals surface area contributed by atoms with Crippen LogP contribution in [0, 0.1) is 11.8 Å². The SMILES string of the molecule is CC(C)CC(NC(=O)NCC(C)CCO)c1cccs1. The molecule has 1 rings (SSSR count). The topological polar surface area (TPSA) is 61.4 Å². The fourth-order valence-corrected chi connectivity index (χ4v) is 2.80. The number of nitrogens with one attached hydrogen (secondary N) is 2. The molecule has 20 heavy (non-hydrogen) atoms. The number of carbonyl (C=O) groups excluding carboxylic acids is 1. The van der Waals surface area contributed by atoms with Gasteiger partial charge >= 0.3 is 6.03 Å². The minimum absolute atomic E-state index is 0.0724. The Morgan fingerprint density at radius 2 is 2.15 bits per heavy atom. The van der Waals surface area contributed by atoms with Crippen molar-refractivity contribution in [1.29, 1.82) is 0 Å². The molecule has 0 saturated carbocycles. The number of amides is 2. The predicted molar refractivity (Wildman–Crippen MR) is 83.9 cm³/mol. The van der Waals surface area contributed by atoms with Gasteiger partial charge in [0.2, 0.25) is 0 Å². The Morgan fingerprint density at radius 3 is 2.70 bits per heavy atom. The van der Waals surface area contributed by atoms with Crippen molar-refractivity contribution < 1.29 is 9.90 Å². The molecule has 1 aromatic rings. The average molecular weight is 298 g/mol. The summed E-state index contributed by atoms with van der Waals surface area (Å²) >= 11 is 1.67. The van der Waals surface area contributed by atoms with Crippen molar-refractivity contribution in [1.82, 2.24) is 10.6 Å². The van der Waals surface area contributed by atoms with Gasteiger partial charge in [0.05, 0.1) is 6.04 Å². The van der Waals surface area contributed by atoms with Gasteiger partial charge in [-0.2, -0.15) is 0 Å². The van der Waals surface area contributed by atoms with Gasteiger partial charge in [0.15, 0.2) is 0 Å². The molecule has 114 valence electrons. The smallest absolute Gasteiger partial charge is 0.315 e. The molecule has 0 aromatic carbocycles. The van der Waals surface area contributed by atoms with Crippen LogP contribution in [-0.4, -0.2) is 24.3 Å². The summed E-state index contributed by atoms with van der Waals surface area (Å²) in [6.07, 6.45) is 1.64. The summed E-state index contributed by atoms with van der Waals surface area (Å²) in [4.78, 5) is 13.2. The Kier molecular flexibility index (Phi) is 7.62. The van der Waals surface area contributed by atoms with Crippen LogP contribution in [0.3, 0.4) is 0 Å². The van der Waals surface area contributed by atoms with Crippen molar-refractivity contribution in [3.63, 3.8) is 0 Å². The van der Waals surface area contributed by atoms with E-state index in [1.54, 1.807) is 11.3 Å². The average Bonchev–Trinajstić information content (AvgIpc) is 2.89. The third-order valence-corrected chi connectivity index (χ3v) is 4.12. The van der Waals surface area contributed by atoms with Crippen molar-refractivity contribution in [2.45, 2.75) is 39.7 Å². The van der Waals surface area contributed by atoms with E-state index in [0.717, 1.165) is 6.42 Å². The molecule has 2 atom stereocenters. The van der Waals surface area contributed by atoms with Crippen LogP contribution >= 0.6 is 11.3 Å². The highest BCUT2D eigenvalue weighted by Crippen LogP contribution is 2.25. The molecule has 5 heteroatoms. The largest absolute Gasteiger partial charge is 0.396 e. The first kappa shape index (κ1) is 17.0. The second-order valence-corrected chi connectivity index (χ2v) is 6.65. The summed E-state index contributed by atoms with van der Waals surface area (Å²) in [6.45, 7) is 7.08. The molecule has 2 amide bonds. The second-order valence-electron chi connectivity index (χ2n) is 5.67. The minimum atomic E-state index is -0.131. The number of urea groups is 1. The van der Waals surface area contributed by atoms with E-state index in [1.165, 1.54) is 4.88 Å². The molecule has 0 saturated heterocycles. The highest BCUT2D eigenvalue weighted by Gasteiger charge is 2.17. The number of thiophene rings is 1. The van der Waals surface area contributed by atoms with Gasteiger partial charge in [-0.3, -0.25) is 0 Å². The number of aliphatic hydroxyl groups is 1. The van der Waals surface area contributed by atoms with Crippen LogP contribution in [-0.2, 0) is 0 Å². The first-order valence-electron chi connectivity index (χ1n) is 7.21. The molecule has 0 fully saturated rings. The van der Waals surface area contributed by atoms with Crippen molar-refractivity contribution in [2.24, 2.45) is 11.8 Å². The monoisotopic (exact) mass is 298 g/mol. The lowest BCUT2D eigenvalue weighted by Gasteiger charge is -2.20. The lowest BCUT2D eigenvalue weighted by atomic mass is 10.0. The summed E-state index contributed by atoms with van der Waals surface area (Å²) < 4.78 is 0. The molecule has 0 radical (unpaired) electrons. The molecule has 0 aliphatic heterocycles. The lowest BCUT2D eigenvalue weighted by Crippen LogP contribution is -2.40. The summed E-state index contributed by atoms with van der Waals surface area (Å²) in [7, 11) is 0. The first-order valence-corrected chi connectivity index (χ1v) is 8.09. The van der Waals surface area contributed by atoms with Crippen LogP contribution in [0.2, 0.25) is 0 Å². The van der Waals surface area contributed by atoms with Gasteiger partial charge < -0.3 is 15.7 Å². The van der Waals surface area contributed by atoms with E-state index in [1.807, 2.05) is 18.4 Å². The second kappa shape index (κ2) is 8.97. The summed E-state index contributed by atoms with van der Waals surface area (Å²) in [5, 5.41) is 16.8. The van der Waals surface area contributed by atoms with E-state index in [2.05, 4.69) is 30.5 Å². The zero-order valence-corrected chi connectivity index (χ0v) is 13.4. The molecule has 0 bridgehead atoms. The molecule has 1 aromatic heterocycles. The van der Waals surface area contributed by atoms with E-state index in [4.69, 9.17) is 5.11 Å². The van der Waals surface area contributed by atoms with Gasteiger partial charge in [0.25, 0.3) is 0 Å². The van der Waals surface area contributed by atoms with Crippen LogP contribution in [0.15, 0.2) is 17.5 Å². The Bertz CT molecular complexity index is 379. The summed E-state index contributed by atoms with van der Waals surface area (Å²) in [6, 6.07) is 4.01. The fraction of sp³-hybridized carbons (Fsp3) is 0.667. The van der Waals surface area contributed by atoms with Gasteiger partial charge in [-0.1, -0.05) is 26.8 Å². The molecular formula is C15H26N2O2S. The summed E-state index contributed by atoms with van der Waals surface area (Å²) in [5.74, 6) is 0.812. The van der Waals surface area contributed by atoms with Crippen LogP contribution < -0.4 is 10.6 Å². The molecule has 0 spiro atoms. The Hall–Kier alpha value is -1.07. The highest BCUT2D eigenvalue weighted by molar-refractivity contribution is 7.10. The van der Waals surface area contributed by atoms with Gasteiger partial charge in [0, 0.05) is 18.0 Å². The number of carbonyl (C=O) groups is 1. The summed E-state index contributed by atoms with van der Waals surface area (Å²) in [5.41, 5.74) is 0. The third kappa shape index (κ3) is 6.39. The molecule has 1 heterocycles.